The van der Waals surface area contributed by atoms with Crippen LogP contribution in [0.4, 0.5) is 0 Å². The van der Waals surface area contributed by atoms with E-state index in [9.17, 15) is 14.4 Å². The molecule has 0 unspecified atom stereocenters. The first-order chi connectivity index (χ1) is 7.02. The SMILES string of the molecule is CSCC[C@H](NC(=O)C(C)=O)C(=O)NO. The molecule has 0 heterocycles. The van der Waals surface area contributed by atoms with Crippen molar-refractivity contribution in [2.75, 3.05) is 12.0 Å². The Bertz CT molecular complexity index is 257. The maximum Gasteiger partial charge on any atom is 0.287 e. The maximum absolute atomic E-state index is 11.1. The fraction of sp³-hybridized carbons (Fsp3) is 0.625. The number of rotatable bonds is 6. The first-order valence-corrected chi connectivity index (χ1v) is 5.66. The summed E-state index contributed by atoms with van der Waals surface area (Å²) >= 11 is 1.50. The summed E-state index contributed by atoms with van der Waals surface area (Å²) in [6.07, 6.45) is 2.20. The molecule has 3 N–H and O–H groups in total. The van der Waals surface area contributed by atoms with Crippen molar-refractivity contribution in [1.82, 2.24) is 10.8 Å². The van der Waals surface area contributed by atoms with Crippen LogP contribution in [0.1, 0.15) is 13.3 Å². The van der Waals surface area contributed by atoms with Crippen molar-refractivity contribution in [2.45, 2.75) is 19.4 Å². The Labute approximate surface area is 91.7 Å². The number of amides is 2. The van der Waals surface area contributed by atoms with Crippen LogP contribution in [-0.4, -0.2) is 40.9 Å². The predicted molar refractivity (Wildman–Crippen MR) is 55.5 cm³/mol. The molecule has 7 heteroatoms. The molecule has 0 radical (unpaired) electrons. The molecule has 0 bridgehead atoms. The van der Waals surface area contributed by atoms with Gasteiger partial charge < -0.3 is 5.32 Å². The fourth-order valence-corrected chi connectivity index (χ4v) is 1.31. The van der Waals surface area contributed by atoms with Crippen LogP contribution in [0.3, 0.4) is 0 Å². The topological polar surface area (TPSA) is 95.5 Å². The minimum Gasteiger partial charge on any atom is -0.338 e. The molecule has 0 aromatic carbocycles. The molecule has 86 valence electrons. The second kappa shape index (κ2) is 7.24. The average molecular weight is 234 g/mol. The molecule has 0 saturated carbocycles. The number of carbonyl (C=O) groups excluding carboxylic acids is 3. The zero-order valence-corrected chi connectivity index (χ0v) is 9.39. The number of nitrogens with one attached hydrogen (secondary N) is 2. The van der Waals surface area contributed by atoms with Gasteiger partial charge >= 0.3 is 0 Å². The molecule has 2 amide bonds. The summed E-state index contributed by atoms with van der Waals surface area (Å²) in [7, 11) is 0. The number of thioether (sulfide) groups is 1. The largest absolute Gasteiger partial charge is 0.338 e. The Balaban J connectivity index is 4.30. The summed E-state index contributed by atoms with van der Waals surface area (Å²) in [5.41, 5.74) is 1.44. The minimum absolute atomic E-state index is 0.354. The maximum atomic E-state index is 11.1. The predicted octanol–water partition coefficient (Wildman–Crippen LogP) is -0.681. The van der Waals surface area contributed by atoms with E-state index in [-0.39, 0.29) is 0 Å². The standard InChI is InChI=1S/C8H14N2O4S/c1-5(11)7(12)9-6(3-4-15-2)8(13)10-14/h6,14H,3-4H2,1-2H3,(H,9,12)(H,10,13)/t6-/m0/s1. The Hall–Kier alpha value is -1.08. The molecule has 0 saturated heterocycles. The van der Waals surface area contributed by atoms with Crippen LogP contribution in [-0.2, 0) is 14.4 Å². The molecule has 0 spiro atoms. The molecule has 0 fully saturated rings. The van der Waals surface area contributed by atoms with Crippen molar-refractivity contribution in [3.8, 4) is 0 Å². The zero-order valence-electron chi connectivity index (χ0n) is 8.57. The lowest BCUT2D eigenvalue weighted by Crippen LogP contribution is -2.47. The summed E-state index contributed by atoms with van der Waals surface area (Å²) in [5.74, 6) is -1.59. The van der Waals surface area contributed by atoms with Crippen LogP contribution >= 0.6 is 11.8 Å². The van der Waals surface area contributed by atoms with Crippen molar-refractivity contribution < 1.29 is 19.6 Å². The van der Waals surface area contributed by atoms with Gasteiger partial charge in [0, 0.05) is 6.92 Å². The Morgan fingerprint density at radius 3 is 2.40 bits per heavy atom. The Morgan fingerprint density at radius 1 is 1.40 bits per heavy atom. The van der Waals surface area contributed by atoms with Crippen molar-refractivity contribution in [1.29, 1.82) is 0 Å². The van der Waals surface area contributed by atoms with Crippen LogP contribution in [0.15, 0.2) is 0 Å². The lowest BCUT2D eigenvalue weighted by atomic mass is 10.2. The van der Waals surface area contributed by atoms with Gasteiger partial charge in [0.2, 0.25) is 5.78 Å². The van der Waals surface area contributed by atoms with E-state index in [4.69, 9.17) is 5.21 Å². The van der Waals surface area contributed by atoms with Crippen LogP contribution in [0.25, 0.3) is 0 Å². The van der Waals surface area contributed by atoms with E-state index in [1.807, 2.05) is 6.26 Å². The van der Waals surface area contributed by atoms with E-state index in [2.05, 4.69) is 5.32 Å². The van der Waals surface area contributed by atoms with Gasteiger partial charge in [0.1, 0.15) is 6.04 Å². The number of carbonyl (C=O) groups is 3. The molecule has 0 aromatic rings. The van der Waals surface area contributed by atoms with Crippen molar-refractivity contribution in [2.24, 2.45) is 0 Å². The smallest absolute Gasteiger partial charge is 0.287 e. The third-order valence-electron chi connectivity index (χ3n) is 1.66. The molecule has 0 aliphatic heterocycles. The highest BCUT2D eigenvalue weighted by Crippen LogP contribution is 2.00. The summed E-state index contributed by atoms with van der Waals surface area (Å²) < 4.78 is 0. The van der Waals surface area contributed by atoms with Gasteiger partial charge in [0.25, 0.3) is 11.8 Å². The summed E-state index contributed by atoms with van der Waals surface area (Å²) in [6.45, 7) is 1.11. The summed E-state index contributed by atoms with van der Waals surface area (Å²) in [4.78, 5) is 32.7. The lowest BCUT2D eigenvalue weighted by Gasteiger charge is -2.14. The van der Waals surface area contributed by atoms with Crippen molar-refractivity contribution >= 4 is 29.4 Å². The highest BCUT2D eigenvalue weighted by Gasteiger charge is 2.21. The second-order valence-corrected chi connectivity index (χ2v) is 3.83. The Kier molecular flexibility index (Phi) is 6.72. The molecule has 15 heavy (non-hydrogen) atoms. The zero-order chi connectivity index (χ0) is 11.8. The third kappa shape index (κ3) is 5.38. The first-order valence-electron chi connectivity index (χ1n) is 4.27. The molecular formula is C8H14N2O4S. The number of hydrogen-bond acceptors (Lipinski definition) is 5. The summed E-state index contributed by atoms with van der Waals surface area (Å²) in [6, 6.07) is -0.876. The molecular weight excluding hydrogens is 220 g/mol. The molecule has 6 nitrogen and oxygen atoms in total. The molecule has 0 rings (SSSR count). The highest BCUT2D eigenvalue weighted by molar-refractivity contribution is 7.98. The monoisotopic (exact) mass is 234 g/mol. The fourth-order valence-electron chi connectivity index (χ4n) is 0.842. The average Bonchev–Trinajstić information content (AvgIpc) is 2.22. The van der Waals surface area contributed by atoms with E-state index >= 15 is 0 Å². The number of hydroxylamine groups is 1. The first kappa shape index (κ1) is 13.9. The van der Waals surface area contributed by atoms with Crippen LogP contribution in [0.5, 0.6) is 0 Å². The van der Waals surface area contributed by atoms with Gasteiger partial charge in [0.05, 0.1) is 0 Å². The van der Waals surface area contributed by atoms with Gasteiger partial charge in [0.15, 0.2) is 0 Å². The minimum atomic E-state index is -0.876. The Morgan fingerprint density at radius 2 is 2.00 bits per heavy atom. The van der Waals surface area contributed by atoms with Gasteiger partial charge in [-0.25, -0.2) is 5.48 Å². The van der Waals surface area contributed by atoms with Gasteiger partial charge in [-0.2, -0.15) is 11.8 Å². The van der Waals surface area contributed by atoms with E-state index in [1.165, 1.54) is 17.2 Å². The van der Waals surface area contributed by atoms with E-state index in [0.717, 1.165) is 6.92 Å². The van der Waals surface area contributed by atoms with Crippen molar-refractivity contribution in [3.63, 3.8) is 0 Å². The molecule has 0 aliphatic rings. The summed E-state index contributed by atoms with van der Waals surface area (Å²) in [5, 5.41) is 10.6. The van der Waals surface area contributed by atoms with E-state index in [0.29, 0.717) is 12.2 Å². The van der Waals surface area contributed by atoms with Crippen molar-refractivity contribution in [3.05, 3.63) is 0 Å². The molecule has 0 aromatic heterocycles. The number of Topliss-reactive ketones (excluding diaryl/α,β-unsaturated/α-hetero) is 1. The third-order valence-corrected chi connectivity index (χ3v) is 2.31. The normalized spacial score (nSPS) is 11.7. The van der Waals surface area contributed by atoms with Gasteiger partial charge in [-0.05, 0) is 18.4 Å². The second-order valence-electron chi connectivity index (χ2n) is 2.84. The van der Waals surface area contributed by atoms with Crippen LogP contribution in [0.2, 0.25) is 0 Å². The molecule has 0 aliphatic carbocycles. The number of hydrogen-bond donors (Lipinski definition) is 3. The quantitative estimate of drug-likeness (QED) is 0.321. The van der Waals surface area contributed by atoms with Gasteiger partial charge in [-0.1, -0.05) is 0 Å². The lowest BCUT2D eigenvalue weighted by molar-refractivity contribution is -0.140. The van der Waals surface area contributed by atoms with E-state index in [1.54, 1.807) is 0 Å². The van der Waals surface area contributed by atoms with Gasteiger partial charge in [-0.15, -0.1) is 0 Å². The van der Waals surface area contributed by atoms with E-state index < -0.39 is 23.6 Å². The number of ketones is 1. The molecule has 1 atom stereocenters. The van der Waals surface area contributed by atoms with Crippen LogP contribution in [0, 0.1) is 0 Å². The van der Waals surface area contributed by atoms with Crippen LogP contribution < -0.4 is 10.8 Å². The van der Waals surface area contributed by atoms with Gasteiger partial charge in [-0.3, -0.25) is 19.6 Å². The highest BCUT2D eigenvalue weighted by atomic mass is 32.2.